The summed E-state index contributed by atoms with van der Waals surface area (Å²) in [4.78, 5) is 19.4. The number of thiazole rings is 1. The van der Waals surface area contributed by atoms with E-state index in [2.05, 4.69) is 21.5 Å². The maximum atomic E-state index is 13.0. The van der Waals surface area contributed by atoms with Gasteiger partial charge in [0.2, 0.25) is 5.91 Å². The van der Waals surface area contributed by atoms with Crippen LogP contribution in [0.5, 0.6) is 0 Å². The van der Waals surface area contributed by atoms with E-state index in [9.17, 15) is 4.79 Å². The van der Waals surface area contributed by atoms with Crippen LogP contribution < -0.4 is 5.32 Å². The second-order valence-electron chi connectivity index (χ2n) is 6.59. The minimum Gasteiger partial charge on any atom is -0.339 e. The highest BCUT2D eigenvalue weighted by molar-refractivity contribution is 7.18. The van der Waals surface area contributed by atoms with Crippen molar-refractivity contribution < 1.29 is 4.79 Å². The molecule has 1 amide bonds. The van der Waals surface area contributed by atoms with Crippen molar-refractivity contribution in [2.75, 3.05) is 20.1 Å². The Hall–Kier alpha value is -2.25. The van der Waals surface area contributed by atoms with E-state index in [0.717, 1.165) is 27.3 Å². The van der Waals surface area contributed by atoms with Crippen LogP contribution in [0.2, 0.25) is 0 Å². The van der Waals surface area contributed by atoms with E-state index < -0.39 is 0 Å². The molecule has 7 heteroatoms. The molecule has 1 saturated heterocycles. The predicted octanol–water partition coefficient (Wildman–Crippen LogP) is 1.99. The first kappa shape index (κ1) is 16.2. The molecule has 1 N–H and O–H groups in total. The number of hydrogen-bond acceptors (Lipinski definition) is 5. The van der Waals surface area contributed by atoms with Crippen molar-refractivity contribution in [1.29, 1.82) is 0 Å². The zero-order chi connectivity index (χ0) is 17.4. The molecule has 4 rings (SSSR count). The minimum absolute atomic E-state index is 0.0522. The van der Waals surface area contributed by atoms with Crippen molar-refractivity contribution in [1.82, 2.24) is 25.0 Å². The highest BCUT2D eigenvalue weighted by Gasteiger charge is 2.36. The molecule has 0 saturated carbocycles. The van der Waals surface area contributed by atoms with E-state index in [-0.39, 0.29) is 17.7 Å². The molecule has 0 radical (unpaired) electrons. The zero-order valence-corrected chi connectivity index (χ0v) is 15.2. The van der Waals surface area contributed by atoms with Gasteiger partial charge in [-0.25, -0.2) is 4.98 Å². The van der Waals surface area contributed by atoms with E-state index in [1.54, 1.807) is 20.9 Å². The molecular weight excluding hydrogens is 334 g/mol. The lowest BCUT2D eigenvalue weighted by atomic mass is 9.90. The van der Waals surface area contributed by atoms with Gasteiger partial charge in [0.1, 0.15) is 5.01 Å². The SMILES string of the molecule is CN(Cc1nc2ccccc2s1)C(=O)[C@H]1CNC[C@@H]1c1cnn(C)c1. The molecule has 6 nitrogen and oxygen atoms in total. The fourth-order valence-corrected chi connectivity index (χ4v) is 4.49. The molecule has 1 fully saturated rings. The van der Waals surface area contributed by atoms with E-state index >= 15 is 0 Å². The normalized spacial score (nSPS) is 20.2. The summed E-state index contributed by atoms with van der Waals surface area (Å²) < 4.78 is 2.95. The predicted molar refractivity (Wildman–Crippen MR) is 98.4 cm³/mol. The second-order valence-corrected chi connectivity index (χ2v) is 7.70. The first-order valence-electron chi connectivity index (χ1n) is 8.40. The third-order valence-corrected chi connectivity index (χ3v) is 5.79. The van der Waals surface area contributed by atoms with Gasteiger partial charge >= 0.3 is 0 Å². The van der Waals surface area contributed by atoms with Gasteiger partial charge in [0.05, 0.1) is 28.9 Å². The van der Waals surface area contributed by atoms with Crippen LogP contribution in [-0.4, -0.2) is 45.7 Å². The topological polar surface area (TPSA) is 63.1 Å². The molecule has 1 aromatic carbocycles. The standard InChI is InChI=1S/C18H21N5OS/c1-22(11-17-21-15-5-3-4-6-16(15)25-17)18(24)14-9-19-8-13(14)12-7-20-23(2)10-12/h3-7,10,13-14,19H,8-9,11H2,1-2H3/t13-,14+/m1/s1. The minimum atomic E-state index is -0.0522. The Kier molecular flexibility index (Phi) is 4.27. The second kappa shape index (κ2) is 6.57. The maximum absolute atomic E-state index is 13.0. The molecule has 1 aliphatic rings. The Morgan fingerprint density at radius 3 is 3.00 bits per heavy atom. The number of amides is 1. The molecule has 3 heterocycles. The number of benzene rings is 1. The average Bonchev–Trinajstić information content (AvgIpc) is 3.31. The quantitative estimate of drug-likeness (QED) is 0.777. The van der Waals surface area contributed by atoms with Crippen molar-refractivity contribution >= 4 is 27.5 Å². The Morgan fingerprint density at radius 1 is 1.40 bits per heavy atom. The highest BCUT2D eigenvalue weighted by atomic mass is 32.1. The van der Waals surface area contributed by atoms with Gasteiger partial charge in [0.25, 0.3) is 0 Å². The van der Waals surface area contributed by atoms with Gasteiger partial charge in [0.15, 0.2) is 0 Å². The molecule has 0 aliphatic carbocycles. The van der Waals surface area contributed by atoms with Gasteiger partial charge < -0.3 is 10.2 Å². The number of aryl methyl sites for hydroxylation is 1. The fraction of sp³-hybridized carbons (Fsp3) is 0.389. The van der Waals surface area contributed by atoms with E-state index in [4.69, 9.17) is 0 Å². The smallest absolute Gasteiger partial charge is 0.227 e. The number of nitrogens with one attached hydrogen (secondary N) is 1. The number of para-hydroxylation sites is 1. The molecule has 3 aromatic rings. The van der Waals surface area contributed by atoms with Crippen LogP contribution in [0.25, 0.3) is 10.2 Å². The zero-order valence-electron chi connectivity index (χ0n) is 14.3. The molecule has 0 unspecified atom stereocenters. The summed E-state index contributed by atoms with van der Waals surface area (Å²) in [6.07, 6.45) is 3.87. The molecule has 0 bridgehead atoms. The number of nitrogens with zero attached hydrogens (tertiary/aromatic N) is 4. The van der Waals surface area contributed by atoms with E-state index in [0.29, 0.717) is 13.1 Å². The summed E-state index contributed by atoms with van der Waals surface area (Å²) in [7, 11) is 3.77. The first-order chi connectivity index (χ1) is 12.1. The molecule has 2 atom stereocenters. The molecule has 130 valence electrons. The van der Waals surface area contributed by atoms with Crippen LogP contribution in [0.4, 0.5) is 0 Å². The van der Waals surface area contributed by atoms with Gasteiger partial charge in [-0.2, -0.15) is 5.10 Å². The average molecular weight is 355 g/mol. The lowest BCUT2D eigenvalue weighted by Gasteiger charge is -2.23. The molecule has 1 aliphatic heterocycles. The third kappa shape index (κ3) is 3.17. The Labute approximate surface area is 150 Å². The van der Waals surface area contributed by atoms with Crippen LogP contribution in [0.1, 0.15) is 16.5 Å². The van der Waals surface area contributed by atoms with Crippen molar-refractivity contribution in [3.63, 3.8) is 0 Å². The summed E-state index contributed by atoms with van der Waals surface area (Å²) in [5.41, 5.74) is 2.12. The van der Waals surface area contributed by atoms with E-state index in [1.165, 1.54) is 0 Å². The van der Waals surface area contributed by atoms with Gasteiger partial charge in [-0.15, -0.1) is 11.3 Å². The summed E-state index contributed by atoms with van der Waals surface area (Å²) >= 11 is 1.65. The highest BCUT2D eigenvalue weighted by Crippen LogP contribution is 2.30. The number of carbonyl (C=O) groups excluding carboxylic acids is 1. The number of rotatable bonds is 4. The first-order valence-corrected chi connectivity index (χ1v) is 9.22. The van der Waals surface area contributed by atoms with Gasteiger partial charge in [-0.05, 0) is 17.7 Å². The van der Waals surface area contributed by atoms with Crippen LogP contribution in [0.3, 0.4) is 0 Å². The number of fused-ring (bicyclic) bond motifs is 1. The van der Waals surface area contributed by atoms with Crippen LogP contribution in [-0.2, 0) is 18.4 Å². The van der Waals surface area contributed by atoms with Crippen molar-refractivity contribution in [2.45, 2.75) is 12.5 Å². The molecule has 0 spiro atoms. The van der Waals surface area contributed by atoms with Crippen LogP contribution >= 0.6 is 11.3 Å². The van der Waals surface area contributed by atoms with Gasteiger partial charge in [-0.1, -0.05) is 12.1 Å². The number of hydrogen-bond donors (Lipinski definition) is 1. The van der Waals surface area contributed by atoms with Crippen molar-refractivity contribution in [2.24, 2.45) is 13.0 Å². The molecule has 2 aromatic heterocycles. The van der Waals surface area contributed by atoms with Crippen LogP contribution in [0.15, 0.2) is 36.7 Å². The number of aromatic nitrogens is 3. The third-order valence-electron chi connectivity index (χ3n) is 4.77. The Bertz CT molecular complexity index is 869. The lowest BCUT2D eigenvalue weighted by molar-refractivity contribution is -0.134. The Morgan fingerprint density at radius 2 is 2.24 bits per heavy atom. The summed E-state index contributed by atoms with van der Waals surface area (Å²) in [5, 5.41) is 8.57. The maximum Gasteiger partial charge on any atom is 0.227 e. The van der Waals surface area contributed by atoms with Crippen molar-refractivity contribution in [3.05, 3.63) is 47.2 Å². The fourth-order valence-electron chi connectivity index (χ4n) is 3.47. The lowest BCUT2D eigenvalue weighted by Crippen LogP contribution is -2.35. The van der Waals surface area contributed by atoms with Crippen LogP contribution in [0, 0.1) is 5.92 Å². The monoisotopic (exact) mass is 355 g/mol. The largest absolute Gasteiger partial charge is 0.339 e. The molecular formula is C18H21N5OS. The van der Waals surface area contributed by atoms with E-state index in [1.807, 2.05) is 44.7 Å². The summed E-state index contributed by atoms with van der Waals surface area (Å²) in [6, 6.07) is 8.08. The molecule has 25 heavy (non-hydrogen) atoms. The number of carbonyl (C=O) groups is 1. The Balaban J connectivity index is 1.49. The summed E-state index contributed by atoms with van der Waals surface area (Å²) in [5.74, 6) is 0.292. The van der Waals surface area contributed by atoms with Crippen molar-refractivity contribution in [3.8, 4) is 0 Å². The van der Waals surface area contributed by atoms with Gasteiger partial charge in [0, 0.05) is 39.3 Å². The van der Waals surface area contributed by atoms with Gasteiger partial charge in [-0.3, -0.25) is 9.48 Å². The summed E-state index contributed by atoms with van der Waals surface area (Å²) in [6.45, 7) is 2.08.